The van der Waals surface area contributed by atoms with E-state index in [-0.39, 0.29) is 10.6 Å². The highest BCUT2D eigenvalue weighted by molar-refractivity contribution is 8.00. The Kier molecular flexibility index (Phi) is 5.30. The fraction of sp³-hybridized carbons (Fsp3) is 0.625. The zero-order chi connectivity index (χ0) is 15.6. The van der Waals surface area contributed by atoms with E-state index in [4.69, 9.17) is 16.3 Å². The second kappa shape index (κ2) is 7.05. The lowest BCUT2D eigenvalue weighted by Gasteiger charge is -2.45. The number of thioether (sulfide) groups is 1. The molecule has 0 saturated carbocycles. The van der Waals surface area contributed by atoms with Crippen LogP contribution in [0.3, 0.4) is 0 Å². The van der Waals surface area contributed by atoms with Crippen LogP contribution in [0.15, 0.2) is 18.2 Å². The van der Waals surface area contributed by atoms with E-state index in [1.54, 1.807) is 6.07 Å². The zero-order valence-corrected chi connectivity index (χ0v) is 14.0. The number of benzene rings is 1. The van der Waals surface area contributed by atoms with Gasteiger partial charge in [0.05, 0.1) is 6.10 Å². The van der Waals surface area contributed by atoms with Crippen LogP contribution >= 0.6 is 23.4 Å². The largest absolute Gasteiger partial charge is 0.387 e. The van der Waals surface area contributed by atoms with Crippen LogP contribution in [-0.2, 0) is 4.74 Å². The lowest BCUT2D eigenvalue weighted by Crippen LogP contribution is -2.50. The maximum atomic E-state index is 13.1. The Morgan fingerprint density at radius 3 is 2.91 bits per heavy atom. The Balaban J connectivity index is 1.64. The maximum Gasteiger partial charge on any atom is 0.124 e. The summed E-state index contributed by atoms with van der Waals surface area (Å²) < 4.78 is 18.9. The van der Waals surface area contributed by atoms with Crippen LogP contribution < -0.4 is 0 Å². The van der Waals surface area contributed by atoms with Gasteiger partial charge in [0.1, 0.15) is 5.82 Å². The molecule has 0 amide bonds. The summed E-state index contributed by atoms with van der Waals surface area (Å²) in [5.41, 5.74) is 0.599. The van der Waals surface area contributed by atoms with Gasteiger partial charge in [0, 0.05) is 53.9 Å². The van der Waals surface area contributed by atoms with Gasteiger partial charge in [0.2, 0.25) is 0 Å². The van der Waals surface area contributed by atoms with E-state index in [0.717, 1.165) is 44.9 Å². The second-order valence-electron chi connectivity index (χ2n) is 6.06. The molecule has 3 rings (SSSR count). The molecule has 6 heteroatoms. The number of rotatable bonds is 3. The molecule has 2 saturated heterocycles. The number of β-amino-alcohol motifs (C(OH)–C–C–N with tert-alkyl or cyclic N) is 1. The fourth-order valence-electron chi connectivity index (χ4n) is 3.24. The van der Waals surface area contributed by atoms with Crippen molar-refractivity contribution in [1.29, 1.82) is 0 Å². The summed E-state index contributed by atoms with van der Waals surface area (Å²) in [6.45, 7) is 4.12. The third-order valence-corrected chi connectivity index (χ3v) is 6.35. The van der Waals surface area contributed by atoms with Gasteiger partial charge in [-0.2, -0.15) is 11.8 Å². The minimum absolute atomic E-state index is 0.267. The topological polar surface area (TPSA) is 32.7 Å². The summed E-state index contributed by atoms with van der Waals surface area (Å²) in [4.78, 5) is 2.30. The average Bonchev–Trinajstić information content (AvgIpc) is 2.48. The quantitative estimate of drug-likeness (QED) is 0.912. The molecule has 2 aliphatic rings. The van der Waals surface area contributed by atoms with Gasteiger partial charge in [-0.25, -0.2) is 4.39 Å². The standard InChI is InChI=1S/C16H21ClFNO2S/c17-14-9-12(18)1-2-13(14)15(20)10-19-5-8-22-16(11-19)3-6-21-7-4-16/h1-2,9,15,20H,3-8,10-11H2/t15-/m0/s1. The number of nitrogens with zero attached hydrogens (tertiary/aromatic N) is 1. The van der Waals surface area contributed by atoms with Crippen molar-refractivity contribution in [2.75, 3.05) is 38.6 Å². The molecule has 3 nitrogen and oxygen atoms in total. The number of halogens is 2. The Labute approximate surface area is 139 Å². The summed E-state index contributed by atoms with van der Waals surface area (Å²) in [7, 11) is 0. The number of ether oxygens (including phenoxy) is 1. The van der Waals surface area contributed by atoms with Gasteiger partial charge in [-0.05, 0) is 25.0 Å². The summed E-state index contributed by atoms with van der Waals surface area (Å²) >= 11 is 8.08. The van der Waals surface area contributed by atoms with Crippen LogP contribution in [0.4, 0.5) is 4.39 Å². The molecule has 2 fully saturated rings. The van der Waals surface area contributed by atoms with Crippen molar-refractivity contribution in [3.05, 3.63) is 34.6 Å². The molecule has 122 valence electrons. The van der Waals surface area contributed by atoms with Gasteiger partial charge in [-0.1, -0.05) is 17.7 Å². The molecular formula is C16H21ClFNO2S. The summed E-state index contributed by atoms with van der Waals surface area (Å²) in [5, 5.41) is 10.7. The SMILES string of the molecule is O[C@@H](CN1CCSC2(CCOCC2)C1)c1ccc(F)cc1Cl. The molecule has 0 unspecified atom stereocenters. The second-order valence-corrected chi connectivity index (χ2v) is 8.03. The van der Waals surface area contributed by atoms with E-state index in [9.17, 15) is 9.50 Å². The van der Waals surface area contributed by atoms with E-state index in [1.165, 1.54) is 12.1 Å². The van der Waals surface area contributed by atoms with Crippen molar-refractivity contribution in [2.24, 2.45) is 0 Å². The third-order valence-electron chi connectivity index (χ3n) is 4.48. The molecule has 1 aromatic rings. The normalized spacial score (nSPS) is 23.6. The lowest BCUT2D eigenvalue weighted by molar-refractivity contribution is 0.0523. The van der Waals surface area contributed by atoms with Gasteiger partial charge < -0.3 is 9.84 Å². The molecule has 1 N–H and O–H groups in total. The van der Waals surface area contributed by atoms with E-state index >= 15 is 0 Å². The smallest absolute Gasteiger partial charge is 0.124 e. The van der Waals surface area contributed by atoms with Gasteiger partial charge >= 0.3 is 0 Å². The van der Waals surface area contributed by atoms with E-state index < -0.39 is 6.10 Å². The van der Waals surface area contributed by atoms with E-state index in [0.29, 0.717) is 17.1 Å². The molecular weight excluding hydrogens is 325 g/mol. The Morgan fingerprint density at radius 2 is 2.18 bits per heavy atom. The number of aliphatic hydroxyl groups excluding tert-OH is 1. The highest BCUT2D eigenvalue weighted by Crippen LogP contribution is 2.39. The van der Waals surface area contributed by atoms with E-state index in [2.05, 4.69) is 4.90 Å². The molecule has 1 atom stereocenters. The first kappa shape index (κ1) is 16.5. The number of hydrogen-bond acceptors (Lipinski definition) is 4. The first-order valence-corrected chi connectivity index (χ1v) is 9.01. The Bertz CT molecular complexity index is 519. The van der Waals surface area contributed by atoms with Crippen LogP contribution in [0.1, 0.15) is 24.5 Å². The van der Waals surface area contributed by atoms with E-state index in [1.807, 2.05) is 11.8 Å². The van der Waals surface area contributed by atoms with Crippen LogP contribution in [0, 0.1) is 5.82 Å². The van der Waals surface area contributed by atoms with Crippen molar-refractivity contribution in [3.8, 4) is 0 Å². The predicted molar refractivity (Wildman–Crippen MR) is 88.1 cm³/mol. The molecule has 1 spiro atoms. The van der Waals surface area contributed by atoms with Crippen molar-refractivity contribution in [3.63, 3.8) is 0 Å². The Hall–Kier alpha value is -0.330. The molecule has 0 radical (unpaired) electrons. The third kappa shape index (κ3) is 3.77. The molecule has 2 aliphatic heterocycles. The fourth-order valence-corrected chi connectivity index (χ4v) is 5.04. The van der Waals surface area contributed by atoms with Crippen molar-refractivity contribution in [1.82, 2.24) is 4.90 Å². The van der Waals surface area contributed by atoms with Crippen molar-refractivity contribution < 1.29 is 14.2 Å². The van der Waals surface area contributed by atoms with Gasteiger partial charge in [-0.15, -0.1) is 0 Å². The highest BCUT2D eigenvalue weighted by Gasteiger charge is 2.38. The van der Waals surface area contributed by atoms with Crippen LogP contribution in [0.2, 0.25) is 5.02 Å². The van der Waals surface area contributed by atoms with Crippen LogP contribution in [0.5, 0.6) is 0 Å². The highest BCUT2D eigenvalue weighted by atomic mass is 35.5. The minimum atomic E-state index is -0.687. The number of aliphatic hydroxyl groups is 1. The maximum absolute atomic E-state index is 13.1. The lowest BCUT2D eigenvalue weighted by atomic mass is 9.97. The molecule has 0 bridgehead atoms. The molecule has 0 aliphatic carbocycles. The number of hydrogen-bond donors (Lipinski definition) is 1. The van der Waals surface area contributed by atoms with Gasteiger partial charge in [0.25, 0.3) is 0 Å². The first-order valence-electron chi connectivity index (χ1n) is 7.65. The molecule has 1 aromatic carbocycles. The summed E-state index contributed by atoms with van der Waals surface area (Å²) in [6, 6.07) is 4.17. The first-order chi connectivity index (χ1) is 10.6. The van der Waals surface area contributed by atoms with Crippen LogP contribution in [-0.4, -0.2) is 53.4 Å². The van der Waals surface area contributed by atoms with Crippen molar-refractivity contribution in [2.45, 2.75) is 23.7 Å². The van der Waals surface area contributed by atoms with Gasteiger partial charge in [0.15, 0.2) is 0 Å². The molecule has 0 aromatic heterocycles. The summed E-state index contributed by atoms with van der Waals surface area (Å²) in [6.07, 6.45) is 1.46. The van der Waals surface area contributed by atoms with Crippen LogP contribution in [0.25, 0.3) is 0 Å². The van der Waals surface area contributed by atoms with Crippen molar-refractivity contribution >= 4 is 23.4 Å². The molecule has 2 heterocycles. The minimum Gasteiger partial charge on any atom is -0.387 e. The average molecular weight is 346 g/mol. The summed E-state index contributed by atoms with van der Waals surface area (Å²) in [5.74, 6) is 0.695. The van der Waals surface area contributed by atoms with Gasteiger partial charge in [-0.3, -0.25) is 4.90 Å². The monoisotopic (exact) mass is 345 g/mol. The Morgan fingerprint density at radius 1 is 1.41 bits per heavy atom. The predicted octanol–water partition coefficient (Wildman–Crippen LogP) is 3.11. The molecule has 22 heavy (non-hydrogen) atoms. The zero-order valence-electron chi connectivity index (χ0n) is 12.4.